The number of urea groups is 1. The number of benzene rings is 1. The van der Waals surface area contributed by atoms with Gasteiger partial charge < -0.3 is 15.1 Å². The molecule has 0 aromatic heterocycles. The van der Waals surface area contributed by atoms with Crippen LogP contribution < -0.4 is 10.2 Å². The van der Waals surface area contributed by atoms with Gasteiger partial charge >= 0.3 is 6.03 Å². The van der Waals surface area contributed by atoms with Gasteiger partial charge in [0, 0.05) is 30.9 Å². The highest BCUT2D eigenvalue weighted by molar-refractivity contribution is 5.96. The maximum atomic E-state index is 12.5. The zero-order chi connectivity index (χ0) is 16.9. The first-order valence-electron chi connectivity index (χ1n) is 8.83. The topological polar surface area (TPSA) is 52.7 Å². The molecule has 1 aromatic carbocycles. The maximum absolute atomic E-state index is 12.5. The molecule has 1 fully saturated rings. The fourth-order valence-electron chi connectivity index (χ4n) is 3.31. The normalized spacial score (nSPS) is 20.0. The SMILES string of the molecule is CCCCC1C=CCN1C(=O)Nc1ccc(N2CCCC2=O)cc1. The quantitative estimate of drug-likeness (QED) is 0.837. The van der Waals surface area contributed by atoms with Crippen molar-refractivity contribution in [3.63, 3.8) is 0 Å². The Bertz CT molecular complexity index is 624. The van der Waals surface area contributed by atoms with E-state index in [1.807, 2.05) is 29.2 Å². The van der Waals surface area contributed by atoms with Gasteiger partial charge in [-0.1, -0.05) is 31.9 Å². The van der Waals surface area contributed by atoms with Crippen LogP contribution in [0.15, 0.2) is 36.4 Å². The molecule has 2 aliphatic rings. The monoisotopic (exact) mass is 327 g/mol. The van der Waals surface area contributed by atoms with Gasteiger partial charge in [-0.25, -0.2) is 4.79 Å². The van der Waals surface area contributed by atoms with Crippen LogP contribution in [0, 0.1) is 0 Å². The summed E-state index contributed by atoms with van der Waals surface area (Å²) < 4.78 is 0. The van der Waals surface area contributed by atoms with Gasteiger partial charge in [0.05, 0.1) is 6.04 Å². The fourth-order valence-corrected chi connectivity index (χ4v) is 3.31. The van der Waals surface area contributed by atoms with Crippen LogP contribution in [0.3, 0.4) is 0 Å². The minimum atomic E-state index is -0.0638. The lowest BCUT2D eigenvalue weighted by Crippen LogP contribution is -2.39. The van der Waals surface area contributed by atoms with Gasteiger partial charge in [0.25, 0.3) is 0 Å². The van der Waals surface area contributed by atoms with Gasteiger partial charge in [0.15, 0.2) is 0 Å². The highest BCUT2D eigenvalue weighted by atomic mass is 16.2. The molecule has 5 heteroatoms. The summed E-state index contributed by atoms with van der Waals surface area (Å²) in [6, 6.07) is 7.66. The molecule has 1 N–H and O–H groups in total. The van der Waals surface area contributed by atoms with Crippen LogP contribution in [-0.2, 0) is 4.79 Å². The van der Waals surface area contributed by atoms with Gasteiger partial charge in [0.2, 0.25) is 5.91 Å². The molecule has 5 nitrogen and oxygen atoms in total. The number of hydrogen-bond donors (Lipinski definition) is 1. The summed E-state index contributed by atoms with van der Waals surface area (Å²) in [5.74, 6) is 0.175. The summed E-state index contributed by atoms with van der Waals surface area (Å²) >= 11 is 0. The van der Waals surface area contributed by atoms with Gasteiger partial charge in [0.1, 0.15) is 0 Å². The standard InChI is InChI=1S/C19H25N3O2/c1-2-3-6-16-7-4-14-22(16)19(24)20-15-9-11-17(12-10-15)21-13-5-8-18(21)23/h4,7,9-12,16H,2-3,5-6,8,13-14H2,1H3,(H,20,24). The molecule has 1 aromatic rings. The number of hydrogen-bond acceptors (Lipinski definition) is 2. The zero-order valence-electron chi connectivity index (χ0n) is 14.2. The lowest BCUT2D eigenvalue weighted by atomic mass is 10.1. The third-order valence-electron chi connectivity index (χ3n) is 4.68. The van der Waals surface area contributed by atoms with Crippen molar-refractivity contribution in [1.82, 2.24) is 4.90 Å². The largest absolute Gasteiger partial charge is 0.322 e. The molecule has 1 atom stereocenters. The predicted octanol–water partition coefficient (Wildman–Crippen LogP) is 3.78. The first-order valence-corrected chi connectivity index (χ1v) is 8.83. The van der Waals surface area contributed by atoms with Gasteiger partial charge in [-0.2, -0.15) is 0 Å². The van der Waals surface area contributed by atoms with E-state index >= 15 is 0 Å². The molecule has 24 heavy (non-hydrogen) atoms. The van der Waals surface area contributed by atoms with Crippen LogP contribution in [0.25, 0.3) is 0 Å². The van der Waals surface area contributed by atoms with Crippen LogP contribution in [0.5, 0.6) is 0 Å². The lowest BCUT2D eigenvalue weighted by molar-refractivity contribution is -0.117. The second kappa shape index (κ2) is 7.51. The Balaban J connectivity index is 1.59. The van der Waals surface area contributed by atoms with Gasteiger partial charge in [-0.3, -0.25) is 4.79 Å². The van der Waals surface area contributed by atoms with Crippen molar-refractivity contribution in [3.8, 4) is 0 Å². The second-order valence-corrected chi connectivity index (χ2v) is 6.42. The average Bonchev–Trinajstić information content (AvgIpc) is 3.22. The minimum absolute atomic E-state index is 0.0638. The molecular weight excluding hydrogens is 302 g/mol. The van der Waals surface area contributed by atoms with Crippen LogP contribution in [0.4, 0.5) is 16.2 Å². The van der Waals surface area contributed by atoms with E-state index in [2.05, 4.69) is 24.4 Å². The van der Waals surface area contributed by atoms with E-state index in [0.29, 0.717) is 13.0 Å². The number of unbranched alkanes of at least 4 members (excludes halogenated alkanes) is 1. The summed E-state index contributed by atoms with van der Waals surface area (Å²) in [5, 5.41) is 2.96. The molecule has 1 saturated heterocycles. The highest BCUT2D eigenvalue weighted by Crippen LogP contribution is 2.24. The Morgan fingerprint density at radius 2 is 2.08 bits per heavy atom. The van der Waals surface area contributed by atoms with E-state index in [9.17, 15) is 9.59 Å². The number of nitrogens with one attached hydrogen (secondary N) is 1. The van der Waals surface area contributed by atoms with Crippen molar-refractivity contribution in [2.45, 2.75) is 45.1 Å². The number of rotatable bonds is 5. The molecular formula is C19H25N3O2. The van der Waals surface area contributed by atoms with E-state index in [1.165, 1.54) is 0 Å². The molecule has 3 amide bonds. The number of amides is 3. The maximum Gasteiger partial charge on any atom is 0.322 e. The highest BCUT2D eigenvalue weighted by Gasteiger charge is 2.24. The molecule has 0 bridgehead atoms. The molecule has 0 aliphatic carbocycles. The molecule has 0 spiro atoms. The van der Waals surface area contributed by atoms with Gasteiger partial charge in [-0.05, 0) is 37.1 Å². The van der Waals surface area contributed by atoms with E-state index in [-0.39, 0.29) is 18.0 Å². The van der Waals surface area contributed by atoms with Crippen LogP contribution in [0.1, 0.15) is 39.0 Å². The first-order chi connectivity index (χ1) is 11.7. The fraction of sp³-hybridized carbons (Fsp3) is 0.474. The Morgan fingerprint density at radius 1 is 1.29 bits per heavy atom. The van der Waals surface area contributed by atoms with Crippen molar-refractivity contribution in [2.24, 2.45) is 0 Å². The zero-order valence-corrected chi connectivity index (χ0v) is 14.2. The summed E-state index contributed by atoms with van der Waals surface area (Å²) in [6.07, 6.45) is 8.99. The van der Waals surface area contributed by atoms with E-state index in [4.69, 9.17) is 0 Å². The molecule has 3 rings (SSSR count). The third kappa shape index (κ3) is 3.61. The molecule has 0 radical (unpaired) electrons. The summed E-state index contributed by atoms with van der Waals surface area (Å²) in [4.78, 5) is 27.9. The van der Waals surface area contributed by atoms with Crippen molar-refractivity contribution in [2.75, 3.05) is 23.3 Å². The number of carbonyl (C=O) groups excluding carboxylic acids is 2. The minimum Gasteiger partial charge on any atom is -0.314 e. The Labute approximate surface area is 143 Å². The van der Waals surface area contributed by atoms with E-state index in [0.717, 1.165) is 43.6 Å². The smallest absolute Gasteiger partial charge is 0.314 e. The van der Waals surface area contributed by atoms with Crippen LogP contribution in [0.2, 0.25) is 0 Å². The summed E-state index contributed by atoms with van der Waals surface area (Å²) in [7, 11) is 0. The van der Waals surface area contributed by atoms with Crippen molar-refractivity contribution < 1.29 is 9.59 Å². The summed E-state index contributed by atoms with van der Waals surface area (Å²) in [6.45, 7) is 3.61. The first kappa shape index (κ1) is 16.6. The van der Waals surface area contributed by atoms with Crippen LogP contribution >= 0.6 is 0 Å². The van der Waals surface area contributed by atoms with E-state index in [1.54, 1.807) is 4.90 Å². The molecule has 0 saturated carbocycles. The predicted molar refractivity (Wildman–Crippen MR) is 96.2 cm³/mol. The Hall–Kier alpha value is -2.30. The average molecular weight is 327 g/mol. The molecule has 2 aliphatic heterocycles. The lowest BCUT2D eigenvalue weighted by Gasteiger charge is -2.25. The molecule has 128 valence electrons. The van der Waals surface area contributed by atoms with Crippen molar-refractivity contribution in [1.29, 1.82) is 0 Å². The van der Waals surface area contributed by atoms with E-state index < -0.39 is 0 Å². The number of carbonyl (C=O) groups is 2. The second-order valence-electron chi connectivity index (χ2n) is 6.42. The molecule has 1 unspecified atom stereocenters. The van der Waals surface area contributed by atoms with Crippen molar-refractivity contribution in [3.05, 3.63) is 36.4 Å². The molecule has 2 heterocycles. The van der Waals surface area contributed by atoms with Crippen molar-refractivity contribution >= 4 is 23.3 Å². The third-order valence-corrected chi connectivity index (χ3v) is 4.68. The summed E-state index contributed by atoms with van der Waals surface area (Å²) in [5.41, 5.74) is 1.66. The number of nitrogens with zero attached hydrogens (tertiary/aromatic N) is 2. The Kier molecular flexibility index (Phi) is 5.18. The van der Waals surface area contributed by atoms with Gasteiger partial charge in [-0.15, -0.1) is 0 Å². The number of anilines is 2. The van der Waals surface area contributed by atoms with Crippen LogP contribution in [-0.4, -0.2) is 36.0 Å². The Morgan fingerprint density at radius 3 is 2.75 bits per heavy atom.